The molecule has 18 rings (SSSR count). The first-order chi connectivity index (χ1) is 38.3. The summed E-state index contributed by atoms with van der Waals surface area (Å²) in [6, 6.07) is 11.1. The lowest BCUT2D eigenvalue weighted by molar-refractivity contribution is -0.952. The summed E-state index contributed by atoms with van der Waals surface area (Å²) in [6.45, 7) is 6.07. The number of hydrogen-bond acceptors (Lipinski definition) is 13. The third-order valence-corrected chi connectivity index (χ3v) is 25.3. The SMILES string of the molecule is C[N+]1(CC2CCC2)CCC23c4c5ccc(O)c4O[C@H]2C(=O)C=C[C@@]3(O)C1C5.C[N+]1(CC2CCC2)CCC23c4c5ccc(O)c4O[C@H]2C(=O)CC[C@@]3(O)C1C5.O=C1CC[C@@]2(O)C3Cc4ccc(O)c5c4C2(CCN3CC2CCC2)[C@H]1O5. The average Bonchev–Trinajstić information content (AvgIpc) is 1.55. The van der Waals surface area contributed by atoms with Crippen molar-refractivity contribution >= 4 is 17.3 Å². The summed E-state index contributed by atoms with van der Waals surface area (Å²) in [5.41, 5.74) is 1.07. The number of ether oxygens (including phenoxy) is 3. The minimum atomic E-state index is -1.12. The van der Waals surface area contributed by atoms with E-state index in [-0.39, 0.29) is 52.7 Å². The molecular formula is C65H79N3O12+2. The van der Waals surface area contributed by atoms with Crippen molar-refractivity contribution in [1.82, 2.24) is 4.90 Å². The number of aromatic hydroxyl groups is 3. The van der Waals surface area contributed by atoms with Crippen LogP contribution in [0, 0.1) is 17.8 Å². The van der Waals surface area contributed by atoms with Crippen LogP contribution in [0.15, 0.2) is 48.6 Å². The van der Waals surface area contributed by atoms with Gasteiger partial charge in [0.05, 0.1) is 62.1 Å². The molecule has 3 aromatic carbocycles. The number of likely N-dealkylation sites (tertiary alicyclic amines) is 3. The van der Waals surface area contributed by atoms with Crippen molar-refractivity contribution in [3.05, 3.63) is 81.9 Å². The second kappa shape index (κ2) is 16.6. The number of phenols is 3. The maximum absolute atomic E-state index is 12.8. The van der Waals surface area contributed by atoms with Gasteiger partial charge in [-0.15, -0.1) is 0 Å². The van der Waals surface area contributed by atoms with Crippen molar-refractivity contribution in [1.29, 1.82) is 0 Å². The number of aliphatic hydroxyl groups is 3. The summed E-state index contributed by atoms with van der Waals surface area (Å²) >= 11 is 0. The van der Waals surface area contributed by atoms with Crippen molar-refractivity contribution in [3.63, 3.8) is 0 Å². The van der Waals surface area contributed by atoms with Gasteiger partial charge in [0.2, 0.25) is 0 Å². The highest BCUT2D eigenvalue weighted by Gasteiger charge is 2.78. The van der Waals surface area contributed by atoms with Crippen LogP contribution in [0.5, 0.6) is 34.5 Å². The van der Waals surface area contributed by atoms with Crippen LogP contribution in [0.2, 0.25) is 0 Å². The topological polar surface area (TPSA) is 204 Å². The number of ketones is 3. The molecule has 0 amide bonds. The zero-order valence-corrected chi connectivity index (χ0v) is 46.5. The summed E-state index contributed by atoms with van der Waals surface area (Å²) < 4.78 is 20.0. The summed E-state index contributed by atoms with van der Waals surface area (Å²) in [5.74, 6) is 3.92. The quantitative estimate of drug-likeness (QED) is 0.162. The van der Waals surface area contributed by atoms with Crippen LogP contribution < -0.4 is 14.2 Å². The van der Waals surface area contributed by atoms with Crippen molar-refractivity contribution in [2.45, 2.75) is 191 Å². The molecule has 424 valence electrons. The molecule has 14 atom stereocenters. The molecule has 9 aliphatic carbocycles. The van der Waals surface area contributed by atoms with Gasteiger partial charge in [-0.1, -0.05) is 37.5 Å². The maximum atomic E-state index is 12.8. The Kier molecular flexibility index (Phi) is 10.5. The molecule has 6 aliphatic heterocycles. The number of rotatable bonds is 6. The minimum Gasteiger partial charge on any atom is -0.504 e. The first-order valence-electron chi connectivity index (χ1n) is 30.8. The molecule has 6 bridgehead atoms. The molecule has 8 unspecified atom stereocenters. The Labute approximate surface area is 467 Å². The zero-order chi connectivity index (χ0) is 54.9. The van der Waals surface area contributed by atoms with E-state index in [9.17, 15) is 45.0 Å². The number of phenolic OH excluding ortho intramolecular Hbond substituents is 3. The Morgan fingerprint density at radius 2 is 1.01 bits per heavy atom. The molecule has 5 saturated carbocycles. The van der Waals surface area contributed by atoms with Crippen LogP contribution in [-0.4, -0.2) is 168 Å². The second-order valence-electron chi connectivity index (χ2n) is 28.7. The van der Waals surface area contributed by atoms with Gasteiger partial charge in [-0.25, -0.2) is 0 Å². The molecule has 0 aromatic heterocycles. The number of carbonyl (C=O) groups is 3. The minimum absolute atomic E-state index is 0.00490. The van der Waals surface area contributed by atoms with E-state index < -0.39 is 51.4 Å². The number of likely N-dealkylation sites (N-methyl/N-ethyl adjacent to an activating group) is 2. The van der Waals surface area contributed by atoms with Crippen LogP contribution in [0.25, 0.3) is 0 Å². The first-order valence-corrected chi connectivity index (χ1v) is 30.8. The second-order valence-corrected chi connectivity index (χ2v) is 28.7. The van der Waals surface area contributed by atoms with Crippen LogP contribution in [0.1, 0.15) is 136 Å². The number of quaternary nitrogens is 2. The van der Waals surface area contributed by atoms with Gasteiger partial charge >= 0.3 is 0 Å². The highest BCUT2D eigenvalue weighted by Crippen LogP contribution is 2.69. The molecule has 6 heterocycles. The summed E-state index contributed by atoms with van der Waals surface area (Å²) in [4.78, 5) is 40.9. The third kappa shape index (κ3) is 6.10. The predicted molar refractivity (Wildman–Crippen MR) is 292 cm³/mol. The Morgan fingerprint density at radius 1 is 0.550 bits per heavy atom. The Morgan fingerprint density at radius 3 is 1.55 bits per heavy atom. The van der Waals surface area contributed by atoms with Gasteiger partial charge in [-0.05, 0) is 124 Å². The zero-order valence-electron chi connectivity index (χ0n) is 46.5. The van der Waals surface area contributed by atoms with E-state index in [1.165, 1.54) is 63.9 Å². The lowest BCUT2D eigenvalue weighted by Crippen LogP contribution is -2.81. The van der Waals surface area contributed by atoms with Crippen LogP contribution >= 0.6 is 0 Å². The van der Waals surface area contributed by atoms with Crippen LogP contribution in [0.4, 0.5) is 0 Å². The molecule has 6 N–H and O–H groups in total. The van der Waals surface area contributed by atoms with Gasteiger partial charge in [0.15, 0.2) is 70.2 Å². The smallest absolute Gasteiger partial charge is 0.197 e. The average molecular weight is 1090 g/mol. The van der Waals surface area contributed by atoms with Crippen molar-refractivity contribution in [3.8, 4) is 34.5 Å². The van der Waals surface area contributed by atoms with Gasteiger partial charge in [0.25, 0.3) is 0 Å². The third-order valence-electron chi connectivity index (χ3n) is 25.3. The fourth-order valence-electron chi connectivity index (χ4n) is 20.8. The van der Waals surface area contributed by atoms with Gasteiger partial charge in [0.1, 0.15) is 23.3 Å². The van der Waals surface area contributed by atoms with Gasteiger partial charge in [-0.2, -0.15) is 0 Å². The standard InChI is InChI=1S/C22H27NO4.C22H25NO4.C21H25NO4/c2*1-23(12-13-3-2-4-13)10-9-21-18-14-5-6-15(24)19(18)27-20(21)16(25)7-8-22(21,26)17(23)11-14;23-14-5-4-13-10-16-21(25)7-6-15(24)19-20(21,17(13)18(14)26-19)8-9-22(16)11-12-2-1-3-12/h5-6,13,17,20,26H,2-4,7-12H2,1H3;5-8,13,17,20,26H,2-4,9-12H2,1H3;4-5,12,16,19,23,25H,1-3,6-11H2/p+2/t2*17?,20-,21?,22+,23?;16?,19-,20?,21+/m000/s1. The summed E-state index contributed by atoms with van der Waals surface area (Å²) in [7, 11) is 4.61. The van der Waals surface area contributed by atoms with Crippen molar-refractivity contribution in [2.75, 3.05) is 53.4 Å². The van der Waals surface area contributed by atoms with E-state index in [4.69, 9.17) is 14.2 Å². The van der Waals surface area contributed by atoms with Gasteiger partial charge in [0, 0.05) is 79.6 Å². The fraction of sp³-hybridized carbons (Fsp3) is 0.646. The number of hydrogen-bond donors (Lipinski definition) is 6. The largest absolute Gasteiger partial charge is 0.504 e. The van der Waals surface area contributed by atoms with E-state index in [2.05, 4.69) is 19.0 Å². The lowest BCUT2D eigenvalue weighted by atomic mass is 9.48. The van der Waals surface area contributed by atoms with Crippen LogP contribution in [0.3, 0.4) is 0 Å². The highest BCUT2D eigenvalue weighted by atomic mass is 16.5. The van der Waals surface area contributed by atoms with Crippen LogP contribution in [-0.2, 0) is 49.9 Å². The highest BCUT2D eigenvalue weighted by molar-refractivity contribution is 5.99. The predicted octanol–water partition coefficient (Wildman–Crippen LogP) is 5.81. The molecule has 3 saturated heterocycles. The van der Waals surface area contributed by atoms with Gasteiger partial charge in [-0.3, -0.25) is 19.3 Å². The Hall–Kier alpha value is -5.03. The molecule has 0 radical (unpaired) electrons. The first kappa shape index (κ1) is 50.7. The van der Waals surface area contributed by atoms with E-state index in [0.29, 0.717) is 49.4 Å². The number of benzene rings is 3. The number of carbonyl (C=O) groups excluding carboxylic acids is 3. The number of Topliss-reactive ketones (excluding diaryl/α,β-unsaturated/α-hetero) is 2. The van der Waals surface area contributed by atoms with E-state index in [0.717, 1.165) is 131 Å². The van der Waals surface area contributed by atoms with Crippen molar-refractivity contribution in [2.24, 2.45) is 17.8 Å². The fourth-order valence-corrected chi connectivity index (χ4v) is 20.8. The summed E-state index contributed by atoms with van der Waals surface area (Å²) in [5, 5.41) is 67.6. The Bertz CT molecular complexity index is 3250. The summed E-state index contributed by atoms with van der Waals surface area (Å²) in [6.07, 6.45) is 19.3. The molecule has 8 fully saturated rings. The molecule has 80 heavy (non-hydrogen) atoms. The van der Waals surface area contributed by atoms with E-state index in [1.54, 1.807) is 24.3 Å². The molecule has 15 heteroatoms. The number of nitrogens with zero attached hydrogens (tertiary/aromatic N) is 3. The van der Waals surface area contributed by atoms with E-state index >= 15 is 0 Å². The lowest BCUT2D eigenvalue weighted by Gasteiger charge is -2.64. The molecular weight excluding hydrogens is 1010 g/mol. The Balaban J connectivity index is 0.0000000996. The van der Waals surface area contributed by atoms with Gasteiger partial charge < -0.3 is 53.8 Å². The molecule has 15 aliphatic rings. The molecule has 15 nitrogen and oxygen atoms in total. The van der Waals surface area contributed by atoms with E-state index in [1.807, 2.05) is 18.2 Å². The normalized spacial score (nSPS) is 43.0. The monoisotopic (exact) mass is 1090 g/mol. The number of piperidine rings is 3. The molecule has 3 aromatic rings. The molecule has 3 spiro atoms. The van der Waals surface area contributed by atoms with Crippen molar-refractivity contribution < 1.29 is 68.2 Å². The maximum Gasteiger partial charge on any atom is 0.197 e.